The van der Waals surface area contributed by atoms with Gasteiger partial charge < -0.3 is 10.1 Å². The van der Waals surface area contributed by atoms with E-state index in [1.54, 1.807) is 7.11 Å². The van der Waals surface area contributed by atoms with Crippen LogP contribution in [-0.2, 0) is 4.74 Å². The molecule has 1 aliphatic heterocycles. The van der Waals surface area contributed by atoms with Gasteiger partial charge in [0, 0.05) is 38.8 Å². The van der Waals surface area contributed by atoms with E-state index >= 15 is 0 Å². The molecule has 3 heteroatoms. The Kier molecular flexibility index (Phi) is 4.16. The third-order valence-electron chi connectivity index (χ3n) is 4.41. The highest BCUT2D eigenvalue weighted by Gasteiger charge is 2.38. The first-order chi connectivity index (χ1) is 9.38. The Bertz CT molecular complexity index is 391. The molecule has 1 saturated carbocycles. The molecule has 0 bridgehead atoms. The Hall–Kier alpha value is -0.900. The minimum Gasteiger partial charge on any atom is -0.383 e. The van der Waals surface area contributed by atoms with Gasteiger partial charge in [0.05, 0.1) is 6.61 Å². The molecule has 1 aromatic rings. The summed E-state index contributed by atoms with van der Waals surface area (Å²) < 4.78 is 5.27. The van der Waals surface area contributed by atoms with Crippen molar-refractivity contribution in [3.63, 3.8) is 0 Å². The normalized spacial score (nSPS) is 28.5. The third-order valence-corrected chi connectivity index (χ3v) is 4.41. The lowest BCUT2D eigenvalue weighted by molar-refractivity contribution is 0.0767. The van der Waals surface area contributed by atoms with Gasteiger partial charge in [-0.25, -0.2) is 0 Å². The highest BCUT2D eigenvalue weighted by molar-refractivity contribution is 5.20. The van der Waals surface area contributed by atoms with Crippen LogP contribution in [0.1, 0.15) is 24.4 Å². The second kappa shape index (κ2) is 6.04. The lowest BCUT2D eigenvalue weighted by atomic mass is 10.00. The topological polar surface area (TPSA) is 24.5 Å². The molecular weight excluding hydrogens is 236 g/mol. The van der Waals surface area contributed by atoms with Crippen molar-refractivity contribution in [2.45, 2.75) is 24.9 Å². The van der Waals surface area contributed by atoms with Crippen molar-refractivity contribution in [2.24, 2.45) is 5.92 Å². The largest absolute Gasteiger partial charge is 0.383 e. The van der Waals surface area contributed by atoms with Crippen molar-refractivity contribution in [1.29, 1.82) is 0 Å². The van der Waals surface area contributed by atoms with Crippen LogP contribution in [0.2, 0.25) is 0 Å². The molecule has 3 nitrogen and oxygen atoms in total. The number of nitrogens with one attached hydrogen (secondary N) is 1. The molecule has 0 aromatic heterocycles. The zero-order chi connectivity index (χ0) is 13.1. The molecule has 2 atom stereocenters. The highest BCUT2D eigenvalue weighted by atomic mass is 16.5. The monoisotopic (exact) mass is 260 g/mol. The minimum absolute atomic E-state index is 0.466. The maximum atomic E-state index is 5.27. The van der Waals surface area contributed by atoms with Crippen LogP contribution in [0.15, 0.2) is 30.3 Å². The van der Waals surface area contributed by atoms with Gasteiger partial charge in [0.15, 0.2) is 0 Å². The van der Waals surface area contributed by atoms with Crippen LogP contribution < -0.4 is 5.32 Å². The number of rotatable bonds is 5. The van der Waals surface area contributed by atoms with E-state index < -0.39 is 0 Å². The summed E-state index contributed by atoms with van der Waals surface area (Å²) in [6.45, 7) is 4.12. The van der Waals surface area contributed by atoms with E-state index in [1.807, 2.05) is 0 Å². The van der Waals surface area contributed by atoms with Crippen LogP contribution >= 0.6 is 0 Å². The Balaban J connectivity index is 1.66. The maximum Gasteiger partial charge on any atom is 0.0589 e. The van der Waals surface area contributed by atoms with E-state index in [0.717, 1.165) is 38.2 Å². The van der Waals surface area contributed by atoms with E-state index in [0.29, 0.717) is 6.04 Å². The zero-order valence-electron chi connectivity index (χ0n) is 11.7. The molecule has 2 fully saturated rings. The van der Waals surface area contributed by atoms with Crippen molar-refractivity contribution >= 4 is 0 Å². The van der Waals surface area contributed by atoms with Gasteiger partial charge in [-0.2, -0.15) is 0 Å². The lowest BCUT2D eigenvalue weighted by Crippen LogP contribution is -2.54. The van der Waals surface area contributed by atoms with E-state index in [1.165, 1.54) is 18.4 Å². The van der Waals surface area contributed by atoms with Crippen molar-refractivity contribution in [3.8, 4) is 0 Å². The van der Waals surface area contributed by atoms with Crippen molar-refractivity contribution < 1.29 is 4.74 Å². The molecule has 1 N–H and O–H groups in total. The van der Waals surface area contributed by atoms with Crippen LogP contribution in [0.5, 0.6) is 0 Å². The molecule has 1 aliphatic carbocycles. The molecule has 2 aliphatic rings. The van der Waals surface area contributed by atoms with Crippen molar-refractivity contribution in [2.75, 3.05) is 33.4 Å². The minimum atomic E-state index is 0.466. The molecule has 0 spiro atoms. The van der Waals surface area contributed by atoms with Gasteiger partial charge in [-0.3, -0.25) is 4.90 Å². The summed E-state index contributed by atoms with van der Waals surface area (Å²) in [6, 6.07) is 12.0. The molecular formula is C16H24N2O. The first-order valence-electron chi connectivity index (χ1n) is 7.40. The van der Waals surface area contributed by atoms with Crippen molar-refractivity contribution in [3.05, 3.63) is 35.9 Å². The first kappa shape index (κ1) is 13.1. The van der Waals surface area contributed by atoms with Gasteiger partial charge >= 0.3 is 0 Å². The molecule has 0 amide bonds. The summed E-state index contributed by atoms with van der Waals surface area (Å²) >= 11 is 0. The quantitative estimate of drug-likeness (QED) is 0.877. The fourth-order valence-electron chi connectivity index (χ4n) is 3.15. The summed E-state index contributed by atoms with van der Waals surface area (Å²) in [4.78, 5) is 2.63. The molecule has 3 rings (SSSR count). The fraction of sp³-hybridized carbons (Fsp3) is 0.625. The summed E-state index contributed by atoms with van der Waals surface area (Å²) in [6.07, 6.45) is 2.82. The number of piperazine rings is 1. The van der Waals surface area contributed by atoms with Gasteiger partial charge in [-0.05, 0) is 24.3 Å². The molecule has 104 valence electrons. The maximum absolute atomic E-state index is 5.27. The highest BCUT2D eigenvalue weighted by Crippen LogP contribution is 2.37. The molecule has 1 aromatic carbocycles. The average molecular weight is 260 g/mol. The second-order valence-electron chi connectivity index (χ2n) is 5.76. The Morgan fingerprint density at radius 2 is 2.05 bits per heavy atom. The molecule has 19 heavy (non-hydrogen) atoms. The zero-order valence-corrected chi connectivity index (χ0v) is 11.7. The van der Waals surface area contributed by atoms with Gasteiger partial charge in [-0.1, -0.05) is 30.3 Å². The predicted octanol–water partition coefficient (Wildman–Crippen LogP) is 2.06. The molecule has 1 heterocycles. The van der Waals surface area contributed by atoms with E-state index in [-0.39, 0.29) is 0 Å². The number of nitrogens with zero attached hydrogens (tertiary/aromatic N) is 1. The molecule has 2 unspecified atom stereocenters. The van der Waals surface area contributed by atoms with Crippen LogP contribution in [0.3, 0.4) is 0 Å². The molecule has 1 saturated heterocycles. The van der Waals surface area contributed by atoms with E-state index in [9.17, 15) is 0 Å². The number of benzene rings is 1. The Morgan fingerprint density at radius 3 is 2.74 bits per heavy atom. The number of methoxy groups -OCH3 is 1. The third kappa shape index (κ3) is 3.16. The second-order valence-corrected chi connectivity index (χ2v) is 5.76. The van der Waals surface area contributed by atoms with E-state index in [4.69, 9.17) is 4.74 Å². The van der Waals surface area contributed by atoms with Crippen LogP contribution in [0.25, 0.3) is 0 Å². The lowest BCUT2D eigenvalue weighted by Gasteiger charge is -2.41. The smallest absolute Gasteiger partial charge is 0.0589 e. The number of ether oxygens (including phenoxy) is 1. The van der Waals surface area contributed by atoms with Gasteiger partial charge in [0.1, 0.15) is 0 Å². The van der Waals surface area contributed by atoms with Gasteiger partial charge in [-0.15, -0.1) is 0 Å². The van der Waals surface area contributed by atoms with Crippen LogP contribution in [0, 0.1) is 5.92 Å². The predicted molar refractivity (Wildman–Crippen MR) is 77.1 cm³/mol. The summed E-state index contributed by atoms with van der Waals surface area (Å²) in [5.41, 5.74) is 1.40. The number of hydrogen-bond donors (Lipinski definition) is 1. The van der Waals surface area contributed by atoms with Gasteiger partial charge in [0.2, 0.25) is 0 Å². The standard InChI is InChI=1S/C16H24N2O/c1-19-10-9-18-12-15(13-5-3-2-4-6-13)17-11-16(18)14-7-8-14/h2-6,14-17H,7-12H2,1H3. The number of hydrogen-bond acceptors (Lipinski definition) is 3. The van der Waals surface area contributed by atoms with Crippen LogP contribution in [0.4, 0.5) is 0 Å². The fourth-order valence-corrected chi connectivity index (χ4v) is 3.15. The van der Waals surface area contributed by atoms with E-state index in [2.05, 4.69) is 40.5 Å². The van der Waals surface area contributed by atoms with Crippen LogP contribution in [-0.4, -0.2) is 44.3 Å². The SMILES string of the molecule is COCCN1CC(c2ccccc2)NCC1C1CC1. The van der Waals surface area contributed by atoms with Crippen molar-refractivity contribution in [1.82, 2.24) is 10.2 Å². The summed E-state index contributed by atoms with van der Waals surface area (Å²) in [5, 5.41) is 3.73. The first-order valence-corrected chi connectivity index (χ1v) is 7.40. The molecule has 0 radical (unpaired) electrons. The average Bonchev–Trinajstić information content (AvgIpc) is 3.30. The summed E-state index contributed by atoms with van der Waals surface area (Å²) in [7, 11) is 1.79. The summed E-state index contributed by atoms with van der Waals surface area (Å²) in [5.74, 6) is 0.918. The Morgan fingerprint density at radius 1 is 1.26 bits per heavy atom. The van der Waals surface area contributed by atoms with Gasteiger partial charge in [0.25, 0.3) is 0 Å². The Labute approximate surface area is 115 Å².